The molecular formula is C21H21F4N9O. The Hall–Kier alpha value is -3.97. The van der Waals surface area contributed by atoms with Gasteiger partial charge in [0.25, 0.3) is 12.3 Å². The number of hydrogen-bond donors (Lipinski definition) is 2. The van der Waals surface area contributed by atoms with E-state index in [2.05, 4.69) is 25.4 Å². The Kier molecular flexibility index (Phi) is 5.44. The van der Waals surface area contributed by atoms with Crippen LogP contribution in [0.25, 0.3) is 27.9 Å². The van der Waals surface area contributed by atoms with E-state index in [-0.39, 0.29) is 24.7 Å². The van der Waals surface area contributed by atoms with Crippen LogP contribution in [-0.4, -0.2) is 71.4 Å². The molecule has 14 heteroatoms. The number of carbonyl (C=O) groups is 1. The zero-order valence-electron chi connectivity index (χ0n) is 18.5. The molecule has 1 atom stereocenters. The number of nitrogens with zero attached hydrogens (tertiary/aromatic N) is 7. The lowest BCUT2D eigenvalue weighted by molar-refractivity contribution is -0.140. The Balaban J connectivity index is 1.45. The lowest BCUT2D eigenvalue weighted by atomic mass is 10.0. The smallest absolute Gasteiger partial charge is 0.285 e. The number of carbonyl (C=O) groups excluding carboxylic acids is 1. The Bertz CT molecular complexity index is 1420. The maximum Gasteiger partial charge on any atom is 0.285 e. The van der Waals surface area contributed by atoms with E-state index in [1.54, 1.807) is 24.4 Å². The van der Waals surface area contributed by atoms with E-state index in [1.807, 2.05) is 0 Å². The molecule has 1 fully saturated rings. The van der Waals surface area contributed by atoms with Crippen molar-refractivity contribution in [1.82, 2.24) is 34.0 Å². The first-order valence-corrected chi connectivity index (χ1v) is 10.8. The van der Waals surface area contributed by atoms with Crippen molar-refractivity contribution in [3.05, 3.63) is 30.7 Å². The van der Waals surface area contributed by atoms with Crippen molar-refractivity contribution in [2.24, 2.45) is 0 Å². The van der Waals surface area contributed by atoms with Gasteiger partial charge in [-0.3, -0.25) is 4.79 Å². The molecule has 4 aromatic heterocycles. The van der Waals surface area contributed by atoms with Gasteiger partial charge in [-0.1, -0.05) is 0 Å². The van der Waals surface area contributed by atoms with Gasteiger partial charge in [0.05, 0.1) is 31.2 Å². The lowest BCUT2D eigenvalue weighted by Crippen LogP contribution is -2.55. The summed E-state index contributed by atoms with van der Waals surface area (Å²) in [6, 6.07) is 3.73. The highest BCUT2D eigenvalue weighted by atomic mass is 19.3. The fourth-order valence-electron chi connectivity index (χ4n) is 4.23. The molecule has 10 nitrogen and oxygen atoms in total. The second kappa shape index (κ2) is 8.36. The quantitative estimate of drug-likeness (QED) is 0.412. The normalized spacial score (nSPS) is 18.0. The van der Waals surface area contributed by atoms with Crippen LogP contribution in [0.3, 0.4) is 0 Å². The molecule has 0 radical (unpaired) electrons. The Morgan fingerprint density at radius 1 is 1.29 bits per heavy atom. The highest BCUT2D eigenvalue weighted by Gasteiger charge is 2.45. The molecule has 0 aromatic carbocycles. The van der Waals surface area contributed by atoms with Crippen molar-refractivity contribution in [3.63, 3.8) is 0 Å². The maximum atomic E-state index is 14.6. The fraction of sp³-hybridized carbons (Fsp3) is 0.381. The first-order chi connectivity index (χ1) is 16.6. The van der Waals surface area contributed by atoms with Crippen LogP contribution in [0.15, 0.2) is 30.7 Å². The van der Waals surface area contributed by atoms with Gasteiger partial charge in [0.2, 0.25) is 11.9 Å². The summed E-state index contributed by atoms with van der Waals surface area (Å²) < 4.78 is 57.6. The van der Waals surface area contributed by atoms with Crippen LogP contribution < -0.4 is 11.1 Å². The standard InChI is InChI=1S/C21H21F4N9O/c1-11(35)32-6-5-15(21(24,25)9-32)29-20-30-18(26)17-12(4-7-34(17)31-20)13-2-3-14-19(28-13)33(10-27-14)8-16(22)23/h2-4,7,10,15-16H,5-6,8-9H2,1H3,(H3,26,29,30,31)/t15-/m1/s1. The third-order valence-electron chi connectivity index (χ3n) is 5.96. The van der Waals surface area contributed by atoms with Gasteiger partial charge >= 0.3 is 0 Å². The van der Waals surface area contributed by atoms with Gasteiger partial charge in [-0.05, 0) is 24.6 Å². The molecule has 0 aliphatic carbocycles. The van der Waals surface area contributed by atoms with Gasteiger partial charge in [0.1, 0.15) is 11.0 Å². The summed E-state index contributed by atoms with van der Waals surface area (Å²) in [6.07, 6.45) is 0.330. The lowest BCUT2D eigenvalue weighted by Gasteiger charge is -2.38. The highest BCUT2D eigenvalue weighted by Crippen LogP contribution is 2.32. The predicted molar refractivity (Wildman–Crippen MR) is 119 cm³/mol. The van der Waals surface area contributed by atoms with Crippen molar-refractivity contribution in [1.29, 1.82) is 0 Å². The van der Waals surface area contributed by atoms with Crippen LogP contribution in [-0.2, 0) is 11.3 Å². The minimum absolute atomic E-state index is 0.0149. The van der Waals surface area contributed by atoms with Gasteiger partial charge in [-0.15, -0.1) is 5.10 Å². The van der Waals surface area contributed by atoms with Crippen LogP contribution in [0.2, 0.25) is 0 Å². The third kappa shape index (κ3) is 4.19. The first-order valence-electron chi connectivity index (χ1n) is 10.8. The summed E-state index contributed by atoms with van der Waals surface area (Å²) >= 11 is 0. The molecule has 1 saturated heterocycles. The minimum Gasteiger partial charge on any atom is -0.382 e. The average Bonchev–Trinajstić information content (AvgIpc) is 3.39. The molecule has 3 N–H and O–H groups in total. The fourth-order valence-corrected chi connectivity index (χ4v) is 4.23. The molecule has 0 saturated carbocycles. The van der Waals surface area contributed by atoms with E-state index in [0.717, 1.165) is 4.90 Å². The molecule has 0 bridgehead atoms. The van der Waals surface area contributed by atoms with Gasteiger partial charge < -0.3 is 20.5 Å². The number of amides is 1. The van der Waals surface area contributed by atoms with Crippen molar-refractivity contribution < 1.29 is 22.4 Å². The van der Waals surface area contributed by atoms with Crippen LogP contribution in [0.5, 0.6) is 0 Å². The van der Waals surface area contributed by atoms with Gasteiger partial charge in [-0.25, -0.2) is 32.0 Å². The molecule has 5 heterocycles. The molecule has 0 spiro atoms. The zero-order valence-corrected chi connectivity index (χ0v) is 18.5. The molecule has 0 unspecified atom stereocenters. The van der Waals surface area contributed by atoms with Gasteiger partial charge in [0, 0.05) is 25.2 Å². The highest BCUT2D eigenvalue weighted by molar-refractivity contribution is 5.88. The number of halogens is 4. The van der Waals surface area contributed by atoms with Gasteiger partial charge in [-0.2, -0.15) is 4.98 Å². The summed E-state index contributed by atoms with van der Waals surface area (Å²) in [5.41, 5.74) is 8.29. The number of aromatic nitrogens is 6. The molecule has 1 aliphatic rings. The third-order valence-corrected chi connectivity index (χ3v) is 5.96. The maximum absolute atomic E-state index is 14.6. The summed E-state index contributed by atoms with van der Waals surface area (Å²) in [5.74, 6) is -3.65. The largest absolute Gasteiger partial charge is 0.382 e. The molecule has 1 aliphatic heterocycles. The number of rotatable bonds is 5. The number of hydrogen-bond acceptors (Lipinski definition) is 7. The van der Waals surface area contributed by atoms with E-state index in [1.165, 1.54) is 22.3 Å². The molecule has 4 aromatic rings. The minimum atomic E-state index is -3.18. The van der Waals surface area contributed by atoms with Crippen LogP contribution in [0.4, 0.5) is 29.3 Å². The number of fused-ring (bicyclic) bond motifs is 2. The number of nitrogens with one attached hydrogen (secondary N) is 1. The number of anilines is 2. The van der Waals surface area contributed by atoms with E-state index in [9.17, 15) is 22.4 Å². The van der Waals surface area contributed by atoms with Crippen molar-refractivity contribution in [2.75, 3.05) is 24.1 Å². The van der Waals surface area contributed by atoms with Crippen molar-refractivity contribution in [2.45, 2.75) is 38.3 Å². The molecule has 35 heavy (non-hydrogen) atoms. The van der Waals surface area contributed by atoms with E-state index >= 15 is 0 Å². The van der Waals surface area contributed by atoms with Crippen LogP contribution in [0.1, 0.15) is 13.3 Å². The van der Waals surface area contributed by atoms with E-state index < -0.39 is 37.4 Å². The predicted octanol–water partition coefficient (Wildman–Crippen LogP) is 2.66. The first kappa shape index (κ1) is 22.8. The summed E-state index contributed by atoms with van der Waals surface area (Å²) in [4.78, 5) is 25.3. The topological polar surface area (TPSA) is 119 Å². The number of imidazole rings is 1. The zero-order chi connectivity index (χ0) is 24.9. The summed E-state index contributed by atoms with van der Waals surface area (Å²) in [6.45, 7) is 0.204. The number of nitrogen functional groups attached to an aromatic ring is 1. The van der Waals surface area contributed by atoms with E-state index in [0.29, 0.717) is 27.9 Å². The van der Waals surface area contributed by atoms with Crippen molar-refractivity contribution >= 4 is 34.4 Å². The van der Waals surface area contributed by atoms with E-state index in [4.69, 9.17) is 5.73 Å². The average molecular weight is 491 g/mol. The number of alkyl halides is 4. The number of pyridine rings is 1. The monoisotopic (exact) mass is 491 g/mol. The second-order valence-electron chi connectivity index (χ2n) is 8.36. The van der Waals surface area contributed by atoms with Crippen molar-refractivity contribution in [3.8, 4) is 11.3 Å². The van der Waals surface area contributed by atoms with Gasteiger partial charge in [0.15, 0.2) is 11.5 Å². The summed E-state index contributed by atoms with van der Waals surface area (Å²) in [5, 5.41) is 6.91. The Morgan fingerprint density at radius 3 is 2.80 bits per heavy atom. The number of nitrogens with two attached hydrogens (primary N) is 1. The molecular weight excluding hydrogens is 470 g/mol. The molecule has 184 valence electrons. The second-order valence-corrected chi connectivity index (χ2v) is 8.36. The summed E-state index contributed by atoms with van der Waals surface area (Å²) in [7, 11) is 0. The SMILES string of the molecule is CC(=O)N1CC[C@@H](Nc2nc(N)c3c(-c4ccc5ncn(CC(F)F)c5n4)ccn3n2)C(F)(F)C1. The number of piperidine rings is 1. The Labute approximate surface area is 195 Å². The van der Waals surface area contributed by atoms with Crippen LogP contribution >= 0.6 is 0 Å². The molecule has 5 rings (SSSR count). The molecule has 1 amide bonds. The van der Waals surface area contributed by atoms with Crippen LogP contribution in [0, 0.1) is 0 Å². The Morgan fingerprint density at radius 2 is 2.09 bits per heavy atom. The number of likely N-dealkylation sites (tertiary alicyclic amines) is 1.